The zero-order chi connectivity index (χ0) is 33.6. The van der Waals surface area contributed by atoms with E-state index in [4.69, 9.17) is 14.5 Å². The van der Waals surface area contributed by atoms with E-state index in [1.54, 1.807) is 0 Å². The minimum Gasteiger partial charge on any atom is -0.466 e. The summed E-state index contributed by atoms with van der Waals surface area (Å²) in [5.74, 6) is -0.141. The first-order chi connectivity index (χ1) is 22.6. The van der Waals surface area contributed by atoms with E-state index in [2.05, 4.69) is 111 Å². The van der Waals surface area contributed by atoms with E-state index >= 15 is 0 Å². The number of fused-ring (bicyclic) bond motifs is 2. The summed E-state index contributed by atoms with van der Waals surface area (Å²) >= 11 is 0. The van der Waals surface area contributed by atoms with Crippen molar-refractivity contribution in [2.24, 2.45) is 5.41 Å². The second-order valence-electron chi connectivity index (χ2n) is 14.2. The van der Waals surface area contributed by atoms with Crippen LogP contribution in [0.2, 0.25) is 0 Å². The molecule has 47 heavy (non-hydrogen) atoms. The average molecular weight is 638 g/mol. The Balaban J connectivity index is 1.48. The Morgan fingerprint density at radius 3 is 2.49 bits per heavy atom. The molecule has 3 aliphatic rings. The minimum atomic E-state index is -0.141. The van der Waals surface area contributed by atoms with E-state index in [-0.39, 0.29) is 16.8 Å². The van der Waals surface area contributed by atoms with Gasteiger partial charge in [0.05, 0.1) is 37.4 Å². The standard InChI is InChI=1S/C41H53N2O4/c1-8-45-39(44)21-16-23-42-35-19-12-10-17-33(35)30(3)37(42)26-31-25-32(29-40(4,5)28-31)27-38-41(6,7)34-18-11-13-20-36(34)43(38)22-14-15-24-47-46-9-2/h10-13,17-20,25-27H,3,8-9,14-16,21-24,28-29H2,1-2,4-7H3/q+1. The van der Waals surface area contributed by atoms with Crippen LogP contribution < -0.4 is 4.90 Å². The van der Waals surface area contributed by atoms with Crippen LogP contribution in [0.25, 0.3) is 5.57 Å². The van der Waals surface area contributed by atoms with Crippen molar-refractivity contribution in [3.63, 3.8) is 0 Å². The van der Waals surface area contributed by atoms with Gasteiger partial charge >= 0.3 is 5.97 Å². The Kier molecular flexibility index (Phi) is 11.0. The lowest BCUT2D eigenvalue weighted by atomic mass is 9.74. The van der Waals surface area contributed by atoms with Crippen molar-refractivity contribution in [2.75, 3.05) is 37.8 Å². The summed E-state index contributed by atoms with van der Waals surface area (Å²) in [6.07, 6.45) is 12.3. The largest absolute Gasteiger partial charge is 0.466 e. The zero-order valence-electron chi connectivity index (χ0n) is 29.4. The number of carbonyl (C=O) groups excluding carboxylic acids is 1. The third-order valence-electron chi connectivity index (χ3n) is 9.43. The molecule has 0 amide bonds. The van der Waals surface area contributed by atoms with Crippen LogP contribution in [0.15, 0.2) is 90.2 Å². The number of ether oxygens (including phenoxy) is 1. The summed E-state index contributed by atoms with van der Waals surface area (Å²) in [4.78, 5) is 25.0. The number of hydrogen-bond acceptors (Lipinski definition) is 5. The van der Waals surface area contributed by atoms with Crippen molar-refractivity contribution in [3.05, 3.63) is 101 Å². The second kappa shape index (κ2) is 15.0. The molecule has 0 unspecified atom stereocenters. The monoisotopic (exact) mass is 637 g/mol. The number of unbranched alkanes of at least 4 members (excludes halogenated alkanes) is 1. The van der Waals surface area contributed by atoms with Gasteiger partial charge in [-0.15, -0.1) is 0 Å². The maximum atomic E-state index is 12.1. The van der Waals surface area contributed by atoms with Crippen LogP contribution in [-0.2, 0) is 24.7 Å². The minimum absolute atomic E-state index is 0.103. The number of nitrogens with zero attached hydrogens (tertiary/aromatic N) is 2. The van der Waals surface area contributed by atoms with Crippen LogP contribution in [0, 0.1) is 5.41 Å². The van der Waals surface area contributed by atoms with Crippen LogP contribution in [0.1, 0.15) is 91.2 Å². The van der Waals surface area contributed by atoms with E-state index < -0.39 is 0 Å². The molecule has 0 atom stereocenters. The van der Waals surface area contributed by atoms with E-state index in [1.165, 1.54) is 28.1 Å². The molecule has 0 radical (unpaired) electrons. The highest BCUT2D eigenvalue weighted by Gasteiger charge is 2.40. The summed E-state index contributed by atoms with van der Waals surface area (Å²) in [7, 11) is 0. The SMILES string of the molecule is C=C1C(/C=C2C=C(/C=C3/N(CCCCOOCC)c4ccccc4C3(C)C)CC(C)(C)C/2)=[N+](CCCC(=O)OCC)c2ccccc21. The predicted octanol–water partition coefficient (Wildman–Crippen LogP) is 9.24. The van der Waals surface area contributed by atoms with Gasteiger partial charge in [0.1, 0.15) is 6.54 Å². The quantitative estimate of drug-likeness (QED) is 0.0680. The molecular weight excluding hydrogens is 584 g/mol. The summed E-state index contributed by atoms with van der Waals surface area (Å²) in [6.45, 7) is 21.0. The molecule has 0 fully saturated rings. The van der Waals surface area contributed by atoms with Crippen LogP contribution in [0.4, 0.5) is 11.4 Å². The van der Waals surface area contributed by atoms with Gasteiger partial charge in [0.25, 0.3) is 0 Å². The molecular formula is C41H53N2O4+. The lowest BCUT2D eigenvalue weighted by molar-refractivity contribution is -0.436. The number of esters is 1. The number of anilines is 1. The molecule has 2 aliphatic heterocycles. The van der Waals surface area contributed by atoms with E-state index in [0.29, 0.717) is 26.2 Å². The molecule has 6 heteroatoms. The van der Waals surface area contributed by atoms with Gasteiger partial charge in [-0.05, 0) is 79.9 Å². The number of allylic oxidation sites excluding steroid dienone is 7. The van der Waals surface area contributed by atoms with Gasteiger partial charge in [0, 0.05) is 41.9 Å². The number of carbonyl (C=O) groups is 1. The molecule has 6 nitrogen and oxygen atoms in total. The highest BCUT2D eigenvalue weighted by Crippen LogP contribution is 2.49. The molecule has 2 aromatic carbocycles. The number of hydrogen-bond donors (Lipinski definition) is 0. The lowest BCUT2D eigenvalue weighted by Gasteiger charge is -2.33. The summed E-state index contributed by atoms with van der Waals surface area (Å²) in [5.41, 5.74) is 11.1. The molecule has 0 saturated heterocycles. The van der Waals surface area contributed by atoms with Crippen molar-refractivity contribution in [2.45, 2.75) is 85.5 Å². The third-order valence-corrected chi connectivity index (χ3v) is 9.43. The highest BCUT2D eigenvalue weighted by atomic mass is 17.2. The summed E-state index contributed by atoms with van der Waals surface area (Å²) in [5, 5.41) is 0. The maximum Gasteiger partial charge on any atom is 0.306 e. The smallest absolute Gasteiger partial charge is 0.306 e. The first-order valence-electron chi connectivity index (χ1n) is 17.4. The van der Waals surface area contributed by atoms with Gasteiger partial charge in [-0.1, -0.05) is 70.7 Å². The number of para-hydroxylation sites is 2. The molecule has 1 aliphatic carbocycles. The zero-order valence-corrected chi connectivity index (χ0v) is 29.4. The Morgan fingerprint density at radius 2 is 1.70 bits per heavy atom. The molecule has 0 saturated carbocycles. The fraction of sp³-hybridized carbons (Fsp3) is 0.463. The Hall–Kier alpha value is -3.74. The van der Waals surface area contributed by atoms with E-state index in [9.17, 15) is 4.79 Å². The topological polar surface area (TPSA) is 51.0 Å². The summed E-state index contributed by atoms with van der Waals surface area (Å²) < 4.78 is 7.54. The summed E-state index contributed by atoms with van der Waals surface area (Å²) in [6, 6.07) is 17.3. The highest BCUT2D eigenvalue weighted by molar-refractivity contribution is 6.29. The van der Waals surface area contributed by atoms with Crippen molar-refractivity contribution >= 4 is 28.6 Å². The van der Waals surface area contributed by atoms with Gasteiger partial charge in [0.15, 0.2) is 0 Å². The Morgan fingerprint density at radius 1 is 0.936 bits per heavy atom. The van der Waals surface area contributed by atoms with Gasteiger partial charge in [-0.25, -0.2) is 9.78 Å². The number of rotatable bonds is 14. The van der Waals surface area contributed by atoms with E-state index in [0.717, 1.165) is 67.7 Å². The number of benzene rings is 2. The van der Waals surface area contributed by atoms with Crippen molar-refractivity contribution in [3.8, 4) is 0 Å². The Bertz CT molecular complexity index is 1610. The van der Waals surface area contributed by atoms with Gasteiger partial charge in [-0.3, -0.25) is 4.79 Å². The second-order valence-corrected chi connectivity index (χ2v) is 14.2. The average Bonchev–Trinajstić information content (AvgIpc) is 3.41. The van der Waals surface area contributed by atoms with Crippen LogP contribution in [0.5, 0.6) is 0 Å². The maximum absolute atomic E-state index is 12.1. The molecule has 2 heterocycles. The van der Waals surface area contributed by atoms with Crippen LogP contribution >= 0.6 is 0 Å². The van der Waals surface area contributed by atoms with Gasteiger partial charge in [-0.2, -0.15) is 4.58 Å². The van der Waals surface area contributed by atoms with Gasteiger partial charge < -0.3 is 9.64 Å². The molecule has 0 aromatic heterocycles. The molecule has 0 spiro atoms. The fourth-order valence-electron chi connectivity index (χ4n) is 7.38. The molecule has 2 aromatic rings. The molecule has 0 N–H and O–H groups in total. The molecule has 5 rings (SSSR count). The molecule has 0 bridgehead atoms. The third kappa shape index (κ3) is 7.88. The lowest BCUT2D eigenvalue weighted by Crippen LogP contribution is -2.28. The van der Waals surface area contributed by atoms with Gasteiger partial charge in [0.2, 0.25) is 11.4 Å². The predicted molar refractivity (Wildman–Crippen MR) is 192 cm³/mol. The first-order valence-corrected chi connectivity index (χ1v) is 17.4. The molecule has 250 valence electrons. The fourth-order valence-corrected chi connectivity index (χ4v) is 7.38. The van der Waals surface area contributed by atoms with Crippen molar-refractivity contribution < 1.29 is 23.9 Å². The van der Waals surface area contributed by atoms with Crippen molar-refractivity contribution in [1.82, 2.24) is 0 Å². The Labute approximate surface area is 282 Å². The van der Waals surface area contributed by atoms with Crippen LogP contribution in [0.3, 0.4) is 0 Å². The van der Waals surface area contributed by atoms with Crippen LogP contribution in [-0.4, -0.2) is 49.2 Å². The normalized spacial score (nSPS) is 19.7. The van der Waals surface area contributed by atoms with E-state index in [1.807, 2.05) is 13.8 Å². The van der Waals surface area contributed by atoms with Crippen molar-refractivity contribution in [1.29, 1.82) is 0 Å². The first kappa shape index (κ1) is 34.6.